The first-order chi connectivity index (χ1) is 5.54. The van der Waals surface area contributed by atoms with Gasteiger partial charge in [-0.05, 0) is 18.8 Å². The summed E-state index contributed by atoms with van der Waals surface area (Å²) in [5, 5.41) is -0.0452. The summed E-state index contributed by atoms with van der Waals surface area (Å²) >= 11 is 0. The molecule has 0 aromatic rings. The Morgan fingerprint density at radius 2 is 2.00 bits per heavy atom. The molecule has 2 atom stereocenters. The number of hydrogen-bond donors (Lipinski definition) is 0. The molecule has 0 aromatic heterocycles. The molecule has 1 saturated carbocycles. The van der Waals surface area contributed by atoms with Crippen molar-refractivity contribution >= 4 is 9.84 Å². The monoisotopic (exact) mass is 190 g/mol. The second-order valence-corrected chi connectivity index (χ2v) is 6.22. The Morgan fingerprint density at radius 3 is 2.50 bits per heavy atom. The summed E-state index contributed by atoms with van der Waals surface area (Å²) in [6, 6.07) is 0. The smallest absolute Gasteiger partial charge is 0.150 e. The van der Waals surface area contributed by atoms with E-state index in [0.29, 0.717) is 5.92 Å². The summed E-state index contributed by atoms with van der Waals surface area (Å²) in [5.74, 6) is 0.651. The van der Waals surface area contributed by atoms with Crippen molar-refractivity contribution in [2.24, 2.45) is 5.92 Å². The second kappa shape index (κ2) is 3.77. The molecule has 0 bridgehead atoms. The van der Waals surface area contributed by atoms with Crippen LogP contribution in [0.25, 0.3) is 0 Å². The van der Waals surface area contributed by atoms with Gasteiger partial charge in [0.25, 0.3) is 0 Å². The molecular weight excluding hydrogens is 172 g/mol. The molecule has 12 heavy (non-hydrogen) atoms. The minimum Gasteiger partial charge on any atom is -0.229 e. The Labute approximate surface area is 75.3 Å². The van der Waals surface area contributed by atoms with Crippen LogP contribution in [0.3, 0.4) is 0 Å². The molecule has 72 valence electrons. The van der Waals surface area contributed by atoms with Crippen molar-refractivity contribution in [1.82, 2.24) is 0 Å². The highest BCUT2D eigenvalue weighted by Crippen LogP contribution is 2.29. The van der Waals surface area contributed by atoms with Gasteiger partial charge in [0.05, 0.1) is 5.25 Å². The van der Waals surface area contributed by atoms with E-state index in [4.69, 9.17) is 0 Å². The predicted molar refractivity (Wildman–Crippen MR) is 50.9 cm³/mol. The Balaban J connectivity index is 2.58. The summed E-state index contributed by atoms with van der Waals surface area (Å²) in [5.41, 5.74) is 0. The lowest BCUT2D eigenvalue weighted by Gasteiger charge is -2.26. The molecule has 0 amide bonds. The van der Waals surface area contributed by atoms with E-state index in [0.717, 1.165) is 25.7 Å². The highest BCUT2D eigenvalue weighted by atomic mass is 32.2. The molecule has 0 radical (unpaired) electrons. The fourth-order valence-electron chi connectivity index (χ4n) is 2.00. The van der Waals surface area contributed by atoms with Crippen LogP contribution in [-0.2, 0) is 9.84 Å². The fraction of sp³-hybridized carbons (Fsp3) is 1.00. The molecule has 0 saturated heterocycles. The zero-order chi connectivity index (χ0) is 9.19. The van der Waals surface area contributed by atoms with Crippen molar-refractivity contribution in [3.8, 4) is 0 Å². The third-order valence-corrected chi connectivity index (χ3v) is 4.56. The third kappa shape index (κ3) is 2.47. The summed E-state index contributed by atoms with van der Waals surface area (Å²) in [6.45, 7) is 2.15. The zero-order valence-electron chi connectivity index (χ0n) is 7.91. The van der Waals surface area contributed by atoms with Crippen LogP contribution in [0.15, 0.2) is 0 Å². The number of hydrogen-bond acceptors (Lipinski definition) is 2. The highest BCUT2D eigenvalue weighted by molar-refractivity contribution is 7.91. The minimum atomic E-state index is -2.77. The summed E-state index contributed by atoms with van der Waals surface area (Å²) in [6.07, 6.45) is 6.60. The van der Waals surface area contributed by atoms with Gasteiger partial charge in [-0.25, -0.2) is 8.42 Å². The van der Waals surface area contributed by atoms with Gasteiger partial charge in [0.15, 0.2) is 0 Å². The molecule has 0 heterocycles. The minimum absolute atomic E-state index is 0.0452. The lowest BCUT2D eigenvalue weighted by atomic mass is 9.87. The van der Waals surface area contributed by atoms with Gasteiger partial charge in [0, 0.05) is 6.26 Å². The van der Waals surface area contributed by atoms with Crippen LogP contribution >= 0.6 is 0 Å². The lowest BCUT2D eigenvalue weighted by Crippen LogP contribution is -2.27. The van der Waals surface area contributed by atoms with E-state index in [1.807, 2.05) is 0 Å². The van der Waals surface area contributed by atoms with Gasteiger partial charge in [-0.1, -0.05) is 26.2 Å². The highest BCUT2D eigenvalue weighted by Gasteiger charge is 2.27. The normalized spacial score (nSPS) is 31.8. The molecule has 0 spiro atoms. The first kappa shape index (κ1) is 10.0. The SMILES string of the molecule is CCC1CCCC(S(C)(=O)=O)C1. The molecular formula is C9H18O2S. The maximum absolute atomic E-state index is 11.2. The molecule has 0 aromatic carbocycles. The zero-order valence-corrected chi connectivity index (χ0v) is 8.73. The van der Waals surface area contributed by atoms with Crippen LogP contribution in [0, 0.1) is 5.92 Å². The van der Waals surface area contributed by atoms with E-state index in [1.165, 1.54) is 12.7 Å². The van der Waals surface area contributed by atoms with Crippen molar-refractivity contribution in [2.45, 2.75) is 44.3 Å². The Morgan fingerprint density at radius 1 is 1.33 bits per heavy atom. The van der Waals surface area contributed by atoms with Gasteiger partial charge in [-0.2, -0.15) is 0 Å². The van der Waals surface area contributed by atoms with Gasteiger partial charge >= 0.3 is 0 Å². The van der Waals surface area contributed by atoms with Crippen molar-refractivity contribution in [2.75, 3.05) is 6.26 Å². The lowest BCUT2D eigenvalue weighted by molar-refractivity contribution is 0.349. The van der Waals surface area contributed by atoms with Crippen LogP contribution in [0.2, 0.25) is 0 Å². The van der Waals surface area contributed by atoms with E-state index in [1.54, 1.807) is 0 Å². The van der Waals surface area contributed by atoms with Gasteiger partial charge in [-0.3, -0.25) is 0 Å². The van der Waals surface area contributed by atoms with E-state index in [9.17, 15) is 8.42 Å². The van der Waals surface area contributed by atoms with Crippen LogP contribution in [0.1, 0.15) is 39.0 Å². The van der Waals surface area contributed by atoms with Gasteiger partial charge in [0.2, 0.25) is 0 Å². The number of sulfone groups is 1. The first-order valence-corrected chi connectivity index (χ1v) is 6.68. The summed E-state index contributed by atoms with van der Waals surface area (Å²) in [4.78, 5) is 0. The Bertz CT molecular complexity index is 231. The molecule has 0 aliphatic heterocycles. The molecule has 2 nitrogen and oxygen atoms in total. The fourth-order valence-corrected chi connectivity index (χ4v) is 3.22. The van der Waals surface area contributed by atoms with Gasteiger partial charge in [0.1, 0.15) is 9.84 Å². The largest absolute Gasteiger partial charge is 0.229 e. The second-order valence-electron chi connectivity index (χ2n) is 3.89. The van der Waals surface area contributed by atoms with Crippen LogP contribution in [0.5, 0.6) is 0 Å². The molecule has 1 rings (SSSR count). The quantitative estimate of drug-likeness (QED) is 0.667. The van der Waals surface area contributed by atoms with E-state index < -0.39 is 9.84 Å². The number of rotatable bonds is 2. The van der Waals surface area contributed by atoms with E-state index in [2.05, 4.69) is 6.92 Å². The molecule has 1 aliphatic rings. The Hall–Kier alpha value is -0.0500. The van der Waals surface area contributed by atoms with Crippen molar-refractivity contribution in [3.05, 3.63) is 0 Å². The average molecular weight is 190 g/mol. The van der Waals surface area contributed by atoms with E-state index in [-0.39, 0.29) is 5.25 Å². The van der Waals surface area contributed by atoms with Crippen molar-refractivity contribution in [1.29, 1.82) is 0 Å². The summed E-state index contributed by atoms with van der Waals surface area (Å²) in [7, 11) is -2.77. The average Bonchev–Trinajstić information content (AvgIpc) is 2.03. The standard InChI is InChI=1S/C9H18O2S/c1-3-8-5-4-6-9(7-8)12(2,10)11/h8-9H,3-7H2,1-2H3. The van der Waals surface area contributed by atoms with Crippen LogP contribution in [-0.4, -0.2) is 19.9 Å². The maximum atomic E-state index is 11.2. The molecule has 1 fully saturated rings. The molecule has 0 N–H and O–H groups in total. The molecule has 3 heteroatoms. The first-order valence-electron chi connectivity index (χ1n) is 4.73. The van der Waals surface area contributed by atoms with Crippen LogP contribution in [0.4, 0.5) is 0 Å². The van der Waals surface area contributed by atoms with Crippen LogP contribution < -0.4 is 0 Å². The Kier molecular flexibility index (Phi) is 3.16. The van der Waals surface area contributed by atoms with Gasteiger partial charge in [-0.15, -0.1) is 0 Å². The van der Waals surface area contributed by atoms with E-state index >= 15 is 0 Å². The molecule has 1 aliphatic carbocycles. The molecule has 2 unspecified atom stereocenters. The summed E-state index contributed by atoms with van der Waals surface area (Å²) < 4.78 is 22.5. The topological polar surface area (TPSA) is 34.1 Å². The van der Waals surface area contributed by atoms with Crippen molar-refractivity contribution < 1.29 is 8.42 Å². The predicted octanol–water partition coefficient (Wildman–Crippen LogP) is 2.00. The third-order valence-electron chi connectivity index (χ3n) is 2.92. The van der Waals surface area contributed by atoms with Crippen molar-refractivity contribution in [3.63, 3.8) is 0 Å². The maximum Gasteiger partial charge on any atom is 0.150 e. The van der Waals surface area contributed by atoms with Gasteiger partial charge < -0.3 is 0 Å².